The van der Waals surface area contributed by atoms with Gasteiger partial charge in [0.1, 0.15) is 6.10 Å². The summed E-state index contributed by atoms with van der Waals surface area (Å²) in [6, 6.07) is 5.77. The van der Waals surface area contributed by atoms with Crippen LogP contribution in [0.15, 0.2) is 29.4 Å². The van der Waals surface area contributed by atoms with Gasteiger partial charge in [-0.05, 0) is 33.7 Å². The highest BCUT2D eigenvalue weighted by molar-refractivity contribution is 6.30. The molecule has 0 spiro atoms. The molecule has 0 aliphatic heterocycles. The van der Waals surface area contributed by atoms with Gasteiger partial charge in [-0.1, -0.05) is 28.8 Å². The second-order valence-corrected chi connectivity index (χ2v) is 3.87. The lowest BCUT2D eigenvalue weighted by Gasteiger charge is -2.15. The van der Waals surface area contributed by atoms with Crippen molar-refractivity contribution >= 4 is 11.6 Å². The van der Waals surface area contributed by atoms with Gasteiger partial charge in [-0.25, -0.2) is 5.10 Å². The fourth-order valence-electron chi connectivity index (χ4n) is 1.47. The third-order valence-electron chi connectivity index (χ3n) is 2.33. The normalized spacial score (nSPS) is 13.7. The summed E-state index contributed by atoms with van der Waals surface area (Å²) >= 11 is 5.77. The van der Waals surface area contributed by atoms with Gasteiger partial charge in [-0.15, -0.1) is 5.10 Å². The highest BCUT2D eigenvalue weighted by Crippen LogP contribution is 2.30. The number of azide groups is 1. The second kappa shape index (κ2) is 5.46. The zero-order valence-electron chi connectivity index (χ0n) is 8.97. The van der Waals surface area contributed by atoms with Crippen LogP contribution in [0.5, 0.6) is 0 Å². The number of halogens is 1. The van der Waals surface area contributed by atoms with Crippen LogP contribution in [0.4, 0.5) is 0 Å². The molecule has 0 unspecified atom stereocenters. The Hall–Kier alpha value is -2.15. The Bertz CT molecular complexity index is 549. The number of hydrogen-bond donors (Lipinski definition) is 2. The van der Waals surface area contributed by atoms with E-state index in [-0.39, 0.29) is 5.82 Å². The number of benzene rings is 1. The summed E-state index contributed by atoms with van der Waals surface area (Å²) in [5.74, 6) is 0.127. The van der Waals surface area contributed by atoms with E-state index in [1.807, 2.05) is 0 Å². The Balaban J connectivity index is 2.34. The molecule has 2 aromatic rings. The van der Waals surface area contributed by atoms with E-state index >= 15 is 0 Å². The maximum absolute atomic E-state index is 10.1. The molecule has 0 saturated heterocycles. The minimum atomic E-state index is -1.16. The summed E-state index contributed by atoms with van der Waals surface area (Å²) in [5.41, 5.74) is 9.17. The lowest BCUT2D eigenvalue weighted by atomic mass is 10.0. The SMILES string of the molecule is [N-]=[N+]=N[C@@H](c1ccc(Cl)cc1)[C@@H](O)c1nnn[nH]1. The van der Waals surface area contributed by atoms with Gasteiger partial charge in [0.05, 0.1) is 6.04 Å². The Morgan fingerprint density at radius 3 is 2.67 bits per heavy atom. The van der Waals surface area contributed by atoms with E-state index in [1.165, 1.54) is 0 Å². The van der Waals surface area contributed by atoms with Gasteiger partial charge in [0, 0.05) is 9.93 Å². The van der Waals surface area contributed by atoms with Gasteiger partial charge in [0.25, 0.3) is 0 Å². The van der Waals surface area contributed by atoms with Crippen molar-refractivity contribution in [1.29, 1.82) is 0 Å². The highest BCUT2D eigenvalue weighted by Gasteiger charge is 2.24. The summed E-state index contributed by atoms with van der Waals surface area (Å²) in [4.78, 5) is 2.72. The standard InChI is InChI=1S/C9H8ClN7O/c10-6-3-1-5(2-4-6)7(12-15-11)8(18)9-13-16-17-14-9/h1-4,7-8,18H,(H,13,14,16,17)/t7-,8+/m0/s1. The third kappa shape index (κ3) is 2.57. The third-order valence-corrected chi connectivity index (χ3v) is 2.58. The lowest BCUT2D eigenvalue weighted by molar-refractivity contribution is 0.137. The van der Waals surface area contributed by atoms with Crippen LogP contribution >= 0.6 is 11.6 Å². The van der Waals surface area contributed by atoms with Crippen LogP contribution < -0.4 is 0 Å². The Kier molecular flexibility index (Phi) is 3.73. The number of aromatic nitrogens is 4. The number of H-pyrrole nitrogens is 1. The summed E-state index contributed by atoms with van der Waals surface area (Å²) in [7, 11) is 0. The van der Waals surface area contributed by atoms with Crippen molar-refractivity contribution in [2.45, 2.75) is 12.1 Å². The van der Waals surface area contributed by atoms with Crippen LogP contribution in [0.2, 0.25) is 5.02 Å². The van der Waals surface area contributed by atoms with E-state index in [0.29, 0.717) is 10.6 Å². The smallest absolute Gasteiger partial charge is 0.178 e. The predicted molar refractivity (Wildman–Crippen MR) is 62.5 cm³/mol. The molecule has 1 heterocycles. The van der Waals surface area contributed by atoms with Crippen molar-refractivity contribution in [1.82, 2.24) is 20.6 Å². The number of hydrogen-bond acceptors (Lipinski definition) is 5. The van der Waals surface area contributed by atoms with Crippen LogP contribution in [-0.4, -0.2) is 25.7 Å². The monoisotopic (exact) mass is 265 g/mol. The quantitative estimate of drug-likeness (QED) is 0.498. The van der Waals surface area contributed by atoms with Crippen LogP contribution in [0.3, 0.4) is 0 Å². The van der Waals surface area contributed by atoms with Crippen molar-refractivity contribution in [2.75, 3.05) is 0 Å². The first-order valence-corrected chi connectivity index (χ1v) is 5.31. The Labute approximate surface area is 106 Å². The number of tetrazole rings is 1. The molecule has 8 nitrogen and oxygen atoms in total. The van der Waals surface area contributed by atoms with Gasteiger partial charge in [0.2, 0.25) is 0 Å². The zero-order chi connectivity index (χ0) is 13.0. The first-order chi connectivity index (χ1) is 8.72. The van der Waals surface area contributed by atoms with Crippen LogP contribution in [0, 0.1) is 0 Å². The largest absolute Gasteiger partial charge is 0.384 e. The molecular formula is C9H8ClN7O. The molecule has 0 radical (unpaired) electrons. The second-order valence-electron chi connectivity index (χ2n) is 3.43. The Morgan fingerprint density at radius 2 is 2.11 bits per heavy atom. The van der Waals surface area contributed by atoms with E-state index in [0.717, 1.165) is 0 Å². The zero-order valence-corrected chi connectivity index (χ0v) is 9.73. The molecule has 92 valence electrons. The molecule has 0 aliphatic rings. The number of aromatic amines is 1. The molecule has 0 aliphatic carbocycles. The molecular weight excluding hydrogens is 258 g/mol. The maximum atomic E-state index is 10.1. The van der Waals surface area contributed by atoms with Crippen LogP contribution in [-0.2, 0) is 0 Å². The molecule has 2 N–H and O–H groups in total. The lowest BCUT2D eigenvalue weighted by Crippen LogP contribution is -2.10. The number of aliphatic hydroxyl groups excluding tert-OH is 1. The first-order valence-electron chi connectivity index (χ1n) is 4.93. The van der Waals surface area contributed by atoms with E-state index in [2.05, 4.69) is 30.7 Å². The average Bonchev–Trinajstić information content (AvgIpc) is 2.90. The van der Waals surface area contributed by atoms with Crippen molar-refractivity contribution in [3.63, 3.8) is 0 Å². The molecule has 1 aromatic carbocycles. The Morgan fingerprint density at radius 1 is 1.39 bits per heavy atom. The van der Waals surface area contributed by atoms with Crippen molar-refractivity contribution < 1.29 is 5.11 Å². The number of nitrogens with zero attached hydrogens (tertiary/aromatic N) is 6. The van der Waals surface area contributed by atoms with Gasteiger partial charge < -0.3 is 5.11 Å². The minimum absolute atomic E-state index is 0.127. The molecule has 9 heteroatoms. The average molecular weight is 266 g/mol. The van der Waals surface area contributed by atoms with Gasteiger partial charge in [-0.2, -0.15) is 0 Å². The fourth-order valence-corrected chi connectivity index (χ4v) is 1.60. The van der Waals surface area contributed by atoms with Gasteiger partial charge in [-0.3, -0.25) is 0 Å². The number of nitrogens with one attached hydrogen (secondary N) is 1. The summed E-state index contributed by atoms with van der Waals surface area (Å²) in [6.45, 7) is 0. The van der Waals surface area contributed by atoms with Crippen molar-refractivity contribution in [3.8, 4) is 0 Å². The number of rotatable bonds is 4. The molecule has 0 saturated carbocycles. The highest BCUT2D eigenvalue weighted by atomic mass is 35.5. The van der Waals surface area contributed by atoms with Gasteiger partial charge >= 0.3 is 0 Å². The molecule has 2 atom stereocenters. The van der Waals surface area contributed by atoms with E-state index in [9.17, 15) is 5.11 Å². The van der Waals surface area contributed by atoms with Crippen LogP contribution in [0.25, 0.3) is 10.4 Å². The van der Waals surface area contributed by atoms with Crippen molar-refractivity contribution in [2.24, 2.45) is 5.11 Å². The molecule has 0 bridgehead atoms. The summed E-state index contributed by atoms with van der Waals surface area (Å²) in [6.07, 6.45) is -1.16. The summed E-state index contributed by atoms with van der Waals surface area (Å²) in [5, 5.41) is 26.9. The van der Waals surface area contributed by atoms with Crippen LogP contribution in [0.1, 0.15) is 23.5 Å². The minimum Gasteiger partial charge on any atom is -0.384 e. The molecule has 0 amide bonds. The molecule has 0 fully saturated rings. The fraction of sp³-hybridized carbons (Fsp3) is 0.222. The molecule has 2 rings (SSSR count). The topological polar surface area (TPSA) is 123 Å². The maximum Gasteiger partial charge on any atom is 0.178 e. The van der Waals surface area contributed by atoms with Crippen molar-refractivity contribution in [3.05, 3.63) is 51.1 Å². The first kappa shape index (κ1) is 12.3. The summed E-state index contributed by atoms with van der Waals surface area (Å²) < 4.78 is 0. The van der Waals surface area contributed by atoms with E-state index in [1.54, 1.807) is 24.3 Å². The predicted octanol–water partition coefficient (Wildman–Crippen LogP) is 1.94. The van der Waals surface area contributed by atoms with E-state index in [4.69, 9.17) is 17.1 Å². The molecule has 1 aromatic heterocycles. The number of aliphatic hydroxyl groups is 1. The van der Waals surface area contributed by atoms with Gasteiger partial charge in [0.15, 0.2) is 5.82 Å². The van der Waals surface area contributed by atoms with E-state index < -0.39 is 12.1 Å². The molecule has 18 heavy (non-hydrogen) atoms.